The van der Waals surface area contributed by atoms with Crippen LogP contribution in [0, 0.1) is 11.8 Å². The molecule has 6 rings (SSSR count). The number of amides is 7. The Kier molecular flexibility index (Phi) is 18.1. The van der Waals surface area contributed by atoms with Crippen LogP contribution < -0.4 is 21.3 Å². The monoisotopic (exact) mass is 988 g/mol. The summed E-state index contributed by atoms with van der Waals surface area (Å²) < 4.78 is 2.08. The van der Waals surface area contributed by atoms with Crippen LogP contribution in [0.25, 0.3) is 21.7 Å². The third kappa shape index (κ3) is 12.7. The van der Waals surface area contributed by atoms with Crippen LogP contribution in [0.4, 0.5) is 0 Å². The van der Waals surface area contributed by atoms with E-state index in [0.717, 1.165) is 32.8 Å². The number of pyridine rings is 1. The fourth-order valence-electron chi connectivity index (χ4n) is 10.1. The molecule has 2 aromatic heterocycles. The first-order chi connectivity index (χ1) is 34.1. The molecule has 16 heteroatoms. The minimum Gasteiger partial charge on any atom is -0.343 e. The molecule has 2 aliphatic rings. The average Bonchev–Trinajstić information content (AvgIpc) is 3.73. The SMILES string of the molecule is C=CC(C)(C)n1cc(C[C@@H]2NC(=O)[C@H](CCCC)NC(=O)[C@H](CC(C)C)N3CCC[C@@H](C3=O)N(C)C(=O)[C@H](C)NC(=O)[C@H](Cc3ccc4cnccc4c3)NC(=O)[C@H](CC(C)C)N(C)C2=O)c2ccccc21. The highest BCUT2D eigenvalue weighted by atomic mass is 16.2. The van der Waals surface area contributed by atoms with Gasteiger partial charge in [0.15, 0.2) is 0 Å². The van der Waals surface area contributed by atoms with Gasteiger partial charge in [0, 0.05) is 68.4 Å². The normalized spacial score (nSPS) is 23.8. The summed E-state index contributed by atoms with van der Waals surface area (Å²) in [6.45, 7) is 19.7. The number of para-hydroxylation sites is 1. The van der Waals surface area contributed by atoms with Gasteiger partial charge in [0.05, 0.1) is 5.54 Å². The van der Waals surface area contributed by atoms with E-state index in [1.807, 2.05) is 109 Å². The van der Waals surface area contributed by atoms with Gasteiger partial charge in [-0.15, -0.1) is 6.58 Å². The standard InChI is InChI=1S/C56H77N9O7/c1-12-14-19-42-49(66)61-44(31-40-33-65(56(8,9)13-2)45-20-16-15-18-41(40)45)54(71)63(11)47(27-34(3)4)51(68)60-43(30-37-22-23-39-32-57-25-24-38(39)29-37)50(67)58-36(7)53(70)62(10)46-21-17-26-64(55(46)72)48(28-35(5)6)52(69)59-42/h13,15-16,18,20,22-25,29,32-36,42-44,46-48H,2,12,14,17,19,21,26-28,30-31H2,1,3-11H3,(H,58,67)(H,59,69)(H,60,68)(H,61,66)/t36-,42-,43-,44-,46-,47-,48-/m0/s1. The van der Waals surface area contributed by atoms with Crippen LogP contribution >= 0.6 is 0 Å². The van der Waals surface area contributed by atoms with Crippen molar-refractivity contribution in [1.29, 1.82) is 0 Å². The topological polar surface area (TPSA) is 195 Å². The number of benzene rings is 2. The van der Waals surface area contributed by atoms with Crippen LogP contribution in [0.2, 0.25) is 0 Å². The van der Waals surface area contributed by atoms with Crippen molar-refractivity contribution in [3.63, 3.8) is 0 Å². The molecule has 2 aromatic carbocycles. The highest BCUT2D eigenvalue weighted by Crippen LogP contribution is 2.30. The summed E-state index contributed by atoms with van der Waals surface area (Å²) in [5.74, 6) is -3.93. The molecular formula is C56H77N9O7. The largest absolute Gasteiger partial charge is 0.343 e. The molecule has 2 saturated heterocycles. The zero-order valence-electron chi connectivity index (χ0n) is 44.0. The second-order valence-electron chi connectivity index (χ2n) is 21.3. The van der Waals surface area contributed by atoms with E-state index in [0.29, 0.717) is 32.1 Å². The fourth-order valence-corrected chi connectivity index (χ4v) is 10.1. The number of carbonyl (C=O) groups excluding carboxylic acids is 7. The molecule has 16 nitrogen and oxygen atoms in total. The average molecular weight is 988 g/mol. The Hall–Kier alpha value is -6.58. The molecule has 388 valence electrons. The van der Waals surface area contributed by atoms with Crippen molar-refractivity contribution in [2.45, 2.75) is 161 Å². The highest BCUT2D eigenvalue weighted by molar-refractivity contribution is 5.99. The molecule has 0 saturated carbocycles. The Morgan fingerprint density at radius 3 is 2.10 bits per heavy atom. The van der Waals surface area contributed by atoms with Crippen molar-refractivity contribution in [3.8, 4) is 0 Å². The van der Waals surface area contributed by atoms with Crippen LogP contribution in [0.3, 0.4) is 0 Å². The van der Waals surface area contributed by atoms with E-state index in [-0.39, 0.29) is 44.1 Å². The number of hydrogen-bond donors (Lipinski definition) is 4. The van der Waals surface area contributed by atoms with Gasteiger partial charge in [-0.05, 0) is 93.4 Å². The molecule has 0 unspecified atom stereocenters. The maximum atomic E-state index is 15.4. The van der Waals surface area contributed by atoms with E-state index in [2.05, 4.69) is 37.4 Å². The van der Waals surface area contributed by atoms with E-state index >= 15 is 4.79 Å². The van der Waals surface area contributed by atoms with E-state index in [1.165, 1.54) is 28.8 Å². The van der Waals surface area contributed by atoms with Crippen LogP contribution in [0.15, 0.2) is 79.8 Å². The summed E-state index contributed by atoms with van der Waals surface area (Å²) in [4.78, 5) is 112. The maximum Gasteiger partial charge on any atom is 0.246 e. The van der Waals surface area contributed by atoms with Crippen molar-refractivity contribution >= 4 is 63.0 Å². The summed E-state index contributed by atoms with van der Waals surface area (Å²) in [6, 6.07) is 7.69. The van der Waals surface area contributed by atoms with E-state index in [9.17, 15) is 28.8 Å². The lowest BCUT2D eigenvalue weighted by atomic mass is 9.95. The molecule has 4 heterocycles. The van der Waals surface area contributed by atoms with Gasteiger partial charge in [-0.25, -0.2) is 0 Å². The Labute approximate surface area is 425 Å². The molecule has 4 N–H and O–H groups in total. The summed E-state index contributed by atoms with van der Waals surface area (Å²) in [5.41, 5.74) is 1.87. The Morgan fingerprint density at radius 2 is 1.40 bits per heavy atom. The van der Waals surface area contributed by atoms with Gasteiger partial charge in [-0.3, -0.25) is 38.5 Å². The van der Waals surface area contributed by atoms with Gasteiger partial charge in [0.2, 0.25) is 41.4 Å². The molecule has 7 atom stereocenters. The summed E-state index contributed by atoms with van der Waals surface area (Å²) in [5, 5.41) is 14.5. The number of rotatable bonds is 13. The predicted octanol–water partition coefficient (Wildman–Crippen LogP) is 5.80. The zero-order valence-corrected chi connectivity index (χ0v) is 44.0. The third-order valence-corrected chi connectivity index (χ3v) is 14.4. The van der Waals surface area contributed by atoms with Gasteiger partial charge in [0.25, 0.3) is 0 Å². The van der Waals surface area contributed by atoms with E-state index < -0.39 is 89.2 Å². The molecule has 0 aliphatic carbocycles. The van der Waals surface area contributed by atoms with Crippen LogP contribution in [-0.2, 0) is 51.9 Å². The number of hydrogen-bond acceptors (Lipinski definition) is 8. The summed E-state index contributed by atoms with van der Waals surface area (Å²) in [6.07, 6.45) is 10.2. The minimum absolute atomic E-state index is 0.0266. The van der Waals surface area contributed by atoms with Crippen molar-refractivity contribution in [2.24, 2.45) is 11.8 Å². The molecular weight excluding hydrogens is 911 g/mol. The van der Waals surface area contributed by atoms with Crippen LogP contribution in [0.1, 0.15) is 111 Å². The van der Waals surface area contributed by atoms with E-state index in [1.54, 1.807) is 19.3 Å². The first-order valence-corrected chi connectivity index (χ1v) is 25.8. The number of nitrogens with zero attached hydrogens (tertiary/aromatic N) is 5. The first kappa shape index (κ1) is 54.7. The number of unbranched alkanes of at least 4 members (excludes halogenated alkanes) is 1. The number of piperidine rings is 1. The minimum atomic E-state index is -1.23. The highest BCUT2D eigenvalue weighted by Gasteiger charge is 2.43. The van der Waals surface area contributed by atoms with Crippen molar-refractivity contribution in [2.75, 3.05) is 20.6 Å². The molecule has 2 bridgehead atoms. The lowest BCUT2D eigenvalue weighted by Crippen LogP contribution is -2.62. The Bertz CT molecular complexity index is 2640. The van der Waals surface area contributed by atoms with Crippen LogP contribution in [-0.4, -0.2) is 129 Å². The molecule has 7 amide bonds. The first-order valence-electron chi connectivity index (χ1n) is 25.8. The number of allylic oxidation sites excluding steroid dienone is 1. The van der Waals surface area contributed by atoms with Gasteiger partial charge in [0.1, 0.15) is 42.3 Å². The molecule has 72 heavy (non-hydrogen) atoms. The molecule has 0 radical (unpaired) electrons. The third-order valence-electron chi connectivity index (χ3n) is 14.4. The van der Waals surface area contributed by atoms with Gasteiger partial charge < -0.3 is 40.5 Å². The van der Waals surface area contributed by atoms with Gasteiger partial charge in [-0.2, -0.15) is 0 Å². The zero-order chi connectivity index (χ0) is 52.6. The fraction of sp³-hybridized carbons (Fsp3) is 0.536. The number of nitrogens with one attached hydrogen (secondary N) is 4. The van der Waals surface area contributed by atoms with Crippen molar-refractivity contribution in [1.82, 2.24) is 45.5 Å². The van der Waals surface area contributed by atoms with Crippen molar-refractivity contribution in [3.05, 3.63) is 90.9 Å². The Morgan fingerprint density at radius 1 is 0.750 bits per heavy atom. The molecule has 0 spiro atoms. The number of fused-ring (bicyclic) bond motifs is 4. The lowest BCUT2D eigenvalue weighted by molar-refractivity contribution is -0.153. The quantitative estimate of drug-likeness (QED) is 0.121. The second kappa shape index (κ2) is 23.8. The Balaban J connectivity index is 1.48. The molecule has 4 aromatic rings. The molecule has 2 aliphatic heterocycles. The number of likely N-dealkylation sites (N-methyl/N-ethyl adjacent to an activating group) is 2. The second-order valence-corrected chi connectivity index (χ2v) is 21.3. The van der Waals surface area contributed by atoms with Crippen LogP contribution in [0.5, 0.6) is 0 Å². The van der Waals surface area contributed by atoms with Crippen molar-refractivity contribution < 1.29 is 33.6 Å². The van der Waals surface area contributed by atoms with Gasteiger partial charge in [-0.1, -0.05) is 89.9 Å². The summed E-state index contributed by atoms with van der Waals surface area (Å²) >= 11 is 0. The predicted molar refractivity (Wildman–Crippen MR) is 280 cm³/mol. The molecule has 2 fully saturated rings. The number of aromatic nitrogens is 2. The number of carbonyl (C=O) groups is 7. The van der Waals surface area contributed by atoms with E-state index in [4.69, 9.17) is 0 Å². The lowest BCUT2D eigenvalue weighted by Gasteiger charge is -2.41. The van der Waals surface area contributed by atoms with Gasteiger partial charge >= 0.3 is 0 Å². The summed E-state index contributed by atoms with van der Waals surface area (Å²) in [7, 11) is 3.06. The maximum absolute atomic E-state index is 15.4. The smallest absolute Gasteiger partial charge is 0.246 e.